The largest absolute Gasteiger partial charge is 0.456 e. The zero-order chi connectivity index (χ0) is 37.7. The molecule has 11 aromatic rings. The van der Waals surface area contributed by atoms with Crippen molar-refractivity contribution in [2.45, 2.75) is 0 Å². The van der Waals surface area contributed by atoms with Crippen molar-refractivity contribution in [3.8, 4) is 67.7 Å². The number of benzene rings is 8. The Morgan fingerprint density at radius 1 is 0.298 bits per heavy atom. The van der Waals surface area contributed by atoms with Crippen LogP contribution in [0.1, 0.15) is 0 Å². The number of fused-ring (bicyclic) bond motifs is 7. The monoisotopic (exact) mass is 728 g/mol. The molecular formula is C52H32N4O. The molecule has 5 heteroatoms. The molecule has 0 fully saturated rings. The second-order valence-electron chi connectivity index (χ2n) is 14.2. The van der Waals surface area contributed by atoms with Crippen molar-refractivity contribution in [3.63, 3.8) is 0 Å². The summed E-state index contributed by atoms with van der Waals surface area (Å²) in [5, 5.41) is 5.54. The van der Waals surface area contributed by atoms with Crippen LogP contribution in [-0.4, -0.2) is 19.9 Å². The molecule has 0 spiro atoms. The number of hydrogen-bond donors (Lipinski definition) is 0. The van der Waals surface area contributed by atoms with E-state index >= 15 is 0 Å². The smallest absolute Gasteiger partial charge is 0.164 e. The van der Waals surface area contributed by atoms with E-state index < -0.39 is 0 Å². The highest BCUT2D eigenvalue weighted by Crippen LogP contribution is 2.43. The molecule has 3 aromatic heterocycles. The van der Waals surface area contributed by atoms with Gasteiger partial charge in [0.2, 0.25) is 0 Å². The molecular weight excluding hydrogens is 697 g/mol. The molecule has 0 radical (unpaired) electrons. The maximum atomic E-state index is 6.40. The van der Waals surface area contributed by atoms with Gasteiger partial charge in [-0.25, -0.2) is 19.9 Å². The third-order valence-corrected chi connectivity index (χ3v) is 10.7. The van der Waals surface area contributed by atoms with E-state index in [1.54, 1.807) is 0 Å². The summed E-state index contributed by atoms with van der Waals surface area (Å²) in [5.41, 5.74) is 11.8. The van der Waals surface area contributed by atoms with Gasteiger partial charge in [0.15, 0.2) is 17.5 Å². The number of hydrogen-bond acceptors (Lipinski definition) is 5. The first-order chi connectivity index (χ1) is 28.2. The van der Waals surface area contributed by atoms with Gasteiger partial charge >= 0.3 is 0 Å². The molecule has 0 aliphatic carbocycles. The Labute approximate surface area is 328 Å². The van der Waals surface area contributed by atoms with Gasteiger partial charge in [-0.2, -0.15) is 0 Å². The Hall–Kier alpha value is -7.76. The topological polar surface area (TPSA) is 64.7 Å². The van der Waals surface area contributed by atoms with Crippen molar-refractivity contribution in [2.75, 3.05) is 0 Å². The minimum atomic E-state index is 0.623. The van der Waals surface area contributed by atoms with Crippen LogP contribution in [0.4, 0.5) is 0 Å². The predicted molar refractivity (Wildman–Crippen MR) is 233 cm³/mol. The fraction of sp³-hybridized carbons (Fsp3) is 0. The Bertz CT molecular complexity index is 3230. The lowest BCUT2D eigenvalue weighted by atomic mass is 9.92. The Balaban J connectivity index is 1.08. The molecule has 8 aromatic carbocycles. The van der Waals surface area contributed by atoms with Crippen LogP contribution in [0.15, 0.2) is 199 Å². The van der Waals surface area contributed by atoms with E-state index in [-0.39, 0.29) is 0 Å². The van der Waals surface area contributed by atoms with Gasteiger partial charge in [0.05, 0.1) is 11.2 Å². The number of pyridine rings is 1. The van der Waals surface area contributed by atoms with Crippen LogP contribution in [0.2, 0.25) is 0 Å². The number of nitrogens with zero attached hydrogens (tertiary/aromatic N) is 4. The van der Waals surface area contributed by atoms with E-state index in [1.807, 2.05) is 78.9 Å². The van der Waals surface area contributed by atoms with Crippen LogP contribution >= 0.6 is 0 Å². The van der Waals surface area contributed by atoms with Gasteiger partial charge in [-0.15, -0.1) is 0 Å². The molecule has 0 aliphatic rings. The maximum Gasteiger partial charge on any atom is 0.164 e. The van der Waals surface area contributed by atoms with Crippen LogP contribution in [0.3, 0.4) is 0 Å². The van der Waals surface area contributed by atoms with Gasteiger partial charge in [0.1, 0.15) is 11.2 Å². The van der Waals surface area contributed by atoms with Crippen LogP contribution in [0.5, 0.6) is 0 Å². The number of para-hydroxylation sites is 2. The van der Waals surface area contributed by atoms with E-state index in [4.69, 9.17) is 24.4 Å². The summed E-state index contributed by atoms with van der Waals surface area (Å²) >= 11 is 0. The zero-order valence-electron chi connectivity index (χ0n) is 30.7. The standard InChI is InChI=1S/C52H32N4O/c1-4-15-33(16-5-1)48-43-29-30-45-47(41-25-10-11-28-44(41)57-45)46(43)42-27-14-26-40(49(42)53-48)38-23-12-21-36(31-38)37-22-13-24-39(32-37)52-55-50(34-17-6-2-7-18-34)54-51(56-52)35-19-8-3-9-20-35/h1-32H. The highest BCUT2D eigenvalue weighted by atomic mass is 16.3. The fourth-order valence-electron chi connectivity index (χ4n) is 8.02. The van der Waals surface area contributed by atoms with Gasteiger partial charge in [-0.3, -0.25) is 0 Å². The van der Waals surface area contributed by atoms with Crippen molar-refractivity contribution >= 4 is 43.6 Å². The molecule has 5 nitrogen and oxygen atoms in total. The molecule has 0 saturated heterocycles. The molecule has 0 amide bonds. The predicted octanol–water partition coefficient (Wildman–Crippen LogP) is 13.5. The molecule has 57 heavy (non-hydrogen) atoms. The van der Waals surface area contributed by atoms with E-state index in [9.17, 15) is 0 Å². The molecule has 0 N–H and O–H groups in total. The van der Waals surface area contributed by atoms with Crippen LogP contribution in [-0.2, 0) is 0 Å². The van der Waals surface area contributed by atoms with Gasteiger partial charge in [-0.1, -0.05) is 164 Å². The molecule has 3 heterocycles. The number of rotatable bonds is 6. The normalized spacial score (nSPS) is 11.5. The SMILES string of the molecule is c1ccc(-c2nc(-c3ccccc3)nc(-c3cccc(-c4cccc(-c5cccc6c5nc(-c5ccccc5)c5ccc7oc8ccccc8c7c56)c4)c3)n2)cc1. The van der Waals surface area contributed by atoms with Crippen molar-refractivity contribution in [1.82, 2.24) is 19.9 Å². The van der Waals surface area contributed by atoms with Gasteiger partial charge < -0.3 is 4.42 Å². The van der Waals surface area contributed by atoms with Crippen molar-refractivity contribution < 1.29 is 4.42 Å². The summed E-state index contributed by atoms with van der Waals surface area (Å²) in [6.07, 6.45) is 0. The van der Waals surface area contributed by atoms with E-state index in [0.29, 0.717) is 17.5 Å². The van der Waals surface area contributed by atoms with Crippen molar-refractivity contribution in [2.24, 2.45) is 0 Å². The van der Waals surface area contributed by atoms with Crippen molar-refractivity contribution in [3.05, 3.63) is 194 Å². The minimum absolute atomic E-state index is 0.623. The summed E-state index contributed by atoms with van der Waals surface area (Å²) in [6.45, 7) is 0. The zero-order valence-corrected chi connectivity index (χ0v) is 30.7. The summed E-state index contributed by atoms with van der Waals surface area (Å²) in [5.74, 6) is 1.90. The number of aromatic nitrogens is 4. The van der Waals surface area contributed by atoms with Gasteiger partial charge in [0.25, 0.3) is 0 Å². The van der Waals surface area contributed by atoms with Crippen LogP contribution in [0.25, 0.3) is 111 Å². The van der Waals surface area contributed by atoms with E-state index in [0.717, 1.165) is 93.8 Å². The average molecular weight is 729 g/mol. The molecule has 0 unspecified atom stereocenters. The molecule has 11 rings (SSSR count). The third-order valence-electron chi connectivity index (χ3n) is 10.7. The average Bonchev–Trinajstić information content (AvgIpc) is 3.68. The first-order valence-corrected chi connectivity index (χ1v) is 19.1. The summed E-state index contributed by atoms with van der Waals surface area (Å²) in [6, 6.07) is 66.8. The molecule has 266 valence electrons. The Morgan fingerprint density at radius 2 is 0.807 bits per heavy atom. The Kier molecular flexibility index (Phi) is 7.74. The second kappa shape index (κ2) is 13.5. The van der Waals surface area contributed by atoms with Gasteiger partial charge in [-0.05, 0) is 47.0 Å². The Morgan fingerprint density at radius 3 is 1.49 bits per heavy atom. The molecule has 0 atom stereocenters. The minimum Gasteiger partial charge on any atom is -0.456 e. The fourth-order valence-corrected chi connectivity index (χ4v) is 8.02. The quantitative estimate of drug-likeness (QED) is 0.160. The highest BCUT2D eigenvalue weighted by molar-refractivity contribution is 6.29. The molecule has 0 bridgehead atoms. The lowest BCUT2D eigenvalue weighted by Crippen LogP contribution is -2.00. The highest BCUT2D eigenvalue weighted by Gasteiger charge is 2.20. The first kappa shape index (κ1) is 32.7. The molecule has 0 saturated carbocycles. The van der Waals surface area contributed by atoms with E-state index in [2.05, 4.69) is 115 Å². The maximum absolute atomic E-state index is 6.40. The van der Waals surface area contributed by atoms with Gasteiger partial charge in [0, 0.05) is 54.7 Å². The van der Waals surface area contributed by atoms with Crippen LogP contribution in [0, 0.1) is 0 Å². The van der Waals surface area contributed by atoms with Crippen molar-refractivity contribution in [1.29, 1.82) is 0 Å². The lowest BCUT2D eigenvalue weighted by Gasteiger charge is -2.15. The lowest BCUT2D eigenvalue weighted by molar-refractivity contribution is 0.669. The summed E-state index contributed by atoms with van der Waals surface area (Å²) in [7, 11) is 0. The second-order valence-corrected chi connectivity index (χ2v) is 14.2. The molecule has 0 aliphatic heterocycles. The first-order valence-electron chi connectivity index (χ1n) is 19.1. The summed E-state index contributed by atoms with van der Waals surface area (Å²) in [4.78, 5) is 20.4. The third kappa shape index (κ3) is 5.72. The summed E-state index contributed by atoms with van der Waals surface area (Å²) < 4.78 is 6.40. The van der Waals surface area contributed by atoms with Crippen LogP contribution < -0.4 is 0 Å². The van der Waals surface area contributed by atoms with E-state index in [1.165, 1.54) is 0 Å². The number of furan rings is 1.